The van der Waals surface area contributed by atoms with Crippen molar-refractivity contribution in [1.82, 2.24) is 9.97 Å². The smallest absolute Gasteiger partial charge is 0.394 e. The van der Waals surface area contributed by atoms with Gasteiger partial charge in [-0.1, -0.05) is 23.7 Å². The number of nitrogens with one attached hydrogen (secondary N) is 2. The maximum atomic E-state index is 13.0. The molecule has 5 nitrogen and oxygen atoms in total. The van der Waals surface area contributed by atoms with Crippen LogP contribution in [0.15, 0.2) is 30.3 Å². The monoisotopic (exact) mass is 346 g/mol. The lowest BCUT2D eigenvalue weighted by Crippen LogP contribution is -2.22. The van der Waals surface area contributed by atoms with Gasteiger partial charge in [0, 0.05) is 12.1 Å². The molecule has 2 aromatic rings. The standard InChI is InChI=1S/C14H14ClF3N4O/c1-8(7-23)19-13-21-11(14(16,17)18)6-12(22-13)20-10-5-3-2-4-9(10)15/h2-6,8,23H,7H2,1H3,(H2,19,20,21,22)/t8-/m1/s1. The second kappa shape index (κ2) is 7.01. The Morgan fingerprint density at radius 1 is 1.26 bits per heavy atom. The number of rotatable bonds is 5. The molecule has 124 valence electrons. The van der Waals surface area contributed by atoms with Gasteiger partial charge in [0.05, 0.1) is 17.3 Å². The summed E-state index contributed by atoms with van der Waals surface area (Å²) in [5, 5.41) is 14.7. The first-order valence-corrected chi connectivity index (χ1v) is 7.02. The Balaban J connectivity index is 2.38. The molecule has 0 bridgehead atoms. The summed E-state index contributed by atoms with van der Waals surface area (Å²) in [5.74, 6) is -0.302. The molecule has 0 amide bonds. The molecule has 23 heavy (non-hydrogen) atoms. The number of para-hydroxylation sites is 1. The van der Waals surface area contributed by atoms with Crippen LogP contribution >= 0.6 is 11.6 Å². The lowest BCUT2D eigenvalue weighted by Gasteiger charge is -2.15. The van der Waals surface area contributed by atoms with E-state index in [-0.39, 0.29) is 18.4 Å². The molecular formula is C14H14ClF3N4O. The second-order valence-corrected chi connectivity index (χ2v) is 5.20. The Morgan fingerprint density at radius 3 is 2.57 bits per heavy atom. The van der Waals surface area contributed by atoms with Crippen LogP contribution in [0.25, 0.3) is 0 Å². The van der Waals surface area contributed by atoms with Gasteiger partial charge in [-0.2, -0.15) is 18.2 Å². The molecular weight excluding hydrogens is 333 g/mol. The maximum absolute atomic E-state index is 13.0. The minimum atomic E-state index is -4.63. The van der Waals surface area contributed by atoms with Crippen molar-refractivity contribution >= 4 is 29.1 Å². The highest BCUT2D eigenvalue weighted by Crippen LogP contribution is 2.31. The molecule has 0 unspecified atom stereocenters. The highest BCUT2D eigenvalue weighted by Gasteiger charge is 2.34. The van der Waals surface area contributed by atoms with E-state index in [0.717, 1.165) is 6.07 Å². The van der Waals surface area contributed by atoms with Gasteiger partial charge in [0.25, 0.3) is 0 Å². The third-order valence-corrected chi connectivity index (χ3v) is 3.13. The van der Waals surface area contributed by atoms with Crippen LogP contribution in [0.4, 0.5) is 30.6 Å². The van der Waals surface area contributed by atoms with Gasteiger partial charge in [0.1, 0.15) is 5.82 Å². The highest BCUT2D eigenvalue weighted by molar-refractivity contribution is 6.33. The van der Waals surface area contributed by atoms with Crippen LogP contribution in [-0.2, 0) is 6.18 Å². The van der Waals surface area contributed by atoms with Crippen molar-refractivity contribution in [3.05, 3.63) is 41.0 Å². The summed E-state index contributed by atoms with van der Waals surface area (Å²) in [7, 11) is 0. The number of alkyl halides is 3. The predicted octanol–water partition coefficient (Wildman–Crippen LogP) is 3.69. The van der Waals surface area contributed by atoms with Crippen LogP contribution in [-0.4, -0.2) is 27.7 Å². The average Bonchev–Trinajstić information content (AvgIpc) is 2.48. The fourth-order valence-corrected chi connectivity index (χ4v) is 1.87. The topological polar surface area (TPSA) is 70.1 Å². The van der Waals surface area contributed by atoms with Gasteiger partial charge in [0.2, 0.25) is 5.95 Å². The number of hydrogen-bond acceptors (Lipinski definition) is 5. The van der Waals surface area contributed by atoms with Gasteiger partial charge in [-0.05, 0) is 19.1 Å². The van der Waals surface area contributed by atoms with E-state index in [4.69, 9.17) is 16.7 Å². The summed E-state index contributed by atoms with van der Waals surface area (Å²) in [6.07, 6.45) is -4.63. The molecule has 0 aliphatic carbocycles. The van der Waals surface area contributed by atoms with Gasteiger partial charge in [0.15, 0.2) is 5.69 Å². The number of aliphatic hydroxyl groups excluding tert-OH is 1. The second-order valence-electron chi connectivity index (χ2n) is 4.79. The van der Waals surface area contributed by atoms with Crippen LogP contribution in [0.1, 0.15) is 12.6 Å². The van der Waals surface area contributed by atoms with Gasteiger partial charge >= 0.3 is 6.18 Å². The van der Waals surface area contributed by atoms with E-state index in [9.17, 15) is 13.2 Å². The van der Waals surface area contributed by atoms with Crippen LogP contribution in [0, 0.1) is 0 Å². The van der Waals surface area contributed by atoms with E-state index in [0.29, 0.717) is 10.7 Å². The maximum Gasteiger partial charge on any atom is 0.433 e. The van der Waals surface area contributed by atoms with Crippen LogP contribution in [0.5, 0.6) is 0 Å². The van der Waals surface area contributed by atoms with E-state index >= 15 is 0 Å². The van der Waals surface area contributed by atoms with E-state index in [1.807, 2.05) is 0 Å². The molecule has 1 aromatic heterocycles. The van der Waals surface area contributed by atoms with E-state index in [2.05, 4.69) is 20.6 Å². The zero-order chi connectivity index (χ0) is 17.0. The first kappa shape index (κ1) is 17.3. The zero-order valence-corrected chi connectivity index (χ0v) is 12.8. The number of aromatic nitrogens is 2. The molecule has 0 fully saturated rings. The predicted molar refractivity (Wildman–Crippen MR) is 81.9 cm³/mol. The summed E-state index contributed by atoms with van der Waals surface area (Å²) in [6.45, 7) is 1.32. The van der Waals surface area contributed by atoms with Crippen molar-refractivity contribution in [3.63, 3.8) is 0 Å². The number of anilines is 3. The number of aliphatic hydroxyl groups is 1. The molecule has 0 radical (unpaired) electrons. The average molecular weight is 347 g/mol. The Hall–Kier alpha value is -2.06. The highest BCUT2D eigenvalue weighted by atomic mass is 35.5. The molecule has 1 heterocycles. The van der Waals surface area contributed by atoms with Crippen molar-refractivity contribution in [2.24, 2.45) is 0 Å². The molecule has 1 atom stereocenters. The summed E-state index contributed by atoms with van der Waals surface area (Å²) in [5.41, 5.74) is -0.683. The third-order valence-electron chi connectivity index (χ3n) is 2.80. The molecule has 0 saturated carbocycles. The van der Waals surface area contributed by atoms with Crippen molar-refractivity contribution < 1.29 is 18.3 Å². The fourth-order valence-electron chi connectivity index (χ4n) is 1.69. The number of benzene rings is 1. The van der Waals surface area contributed by atoms with E-state index in [1.54, 1.807) is 31.2 Å². The van der Waals surface area contributed by atoms with E-state index < -0.39 is 17.9 Å². The Morgan fingerprint density at radius 2 is 1.96 bits per heavy atom. The lowest BCUT2D eigenvalue weighted by atomic mass is 10.3. The summed E-state index contributed by atoms with van der Waals surface area (Å²) in [4.78, 5) is 7.39. The SMILES string of the molecule is C[C@H](CO)Nc1nc(Nc2ccccc2Cl)cc(C(F)(F)F)n1. The van der Waals surface area contributed by atoms with Gasteiger partial charge < -0.3 is 15.7 Å². The number of halogens is 4. The van der Waals surface area contributed by atoms with Gasteiger partial charge in [-0.25, -0.2) is 4.98 Å². The normalized spacial score (nSPS) is 12.8. The largest absolute Gasteiger partial charge is 0.433 e. The minimum absolute atomic E-state index is 0.0620. The molecule has 2 rings (SSSR count). The van der Waals surface area contributed by atoms with Crippen LogP contribution in [0.3, 0.4) is 0 Å². The van der Waals surface area contributed by atoms with Crippen molar-refractivity contribution in [2.75, 3.05) is 17.2 Å². The fraction of sp³-hybridized carbons (Fsp3) is 0.286. The summed E-state index contributed by atoms with van der Waals surface area (Å²) in [6, 6.07) is 6.89. The van der Waals surface area contributed by atoms with Crippen molar-refractivity contribution in [1.29, 1.82) is 0 Å². The van der Waals surface area contributed by atoms with E-state index in [1.165, 1.54) is 0 Å². The molecule has 0 spiro atoms. The molecule has 3 N–H and O–H groups in total. The molecule has 9 heteroatoms. The third kappa shape index (κ3) is 4.70. The summed E-state index contributed by atoms with van der Waals surface area (Å²) >= 11 is 5.97. The summed E-state index contributed by atoms with van der Waals surface area (Å²) < 4.78 is 38.9. The Bertz CT molecular complexity index is 681. The molecule has 0 aliphatic heterocycles. The number of nitrogens with zero attached hydrogens (tertiary/aromatic N) is 2. The lowest BCUT2D eigenvalue weighted by molar-refractivity contribution is -0.141. The zero-order valence-electron chi connectivity index (χ0n) is 12.0. The van der Waals surface area contributed by atoms with Crippen molar-refractivity contribution in [2.45, 2.75) is 19.1 Å². The quantitative estimate of drug-likeness (QED) is 0.770. The first-order chi connectivity index (χ1) is 10.8. The number of hydrogen-bond donors (Lipinski definition) is 3. The minimum Gasteiger partial charge on any atom is -0.394 e. The van der Waals surface area contributed by atoms with Gasteiger partial charge in [-0.15, -0.1) is 0 Å². The van der Waals surface area contributed by atoms with Crippen LogP contribution < -0.4 is 10.6 Å². The molecule has 0 saturated heterocycles. The molecule has 1 aromatic carbocycles. The Labute approximate surface area is 135 Å². The van der Waals surface area contributed by atoms with Crippen LogP contribution in [0.2, 0.25) is 5.02 Å². The molecule has 0 aliphatic rings. The van der Waals surface area contributed by atoms with Gasteiger partial charge in [-0.3, -0.25) is 0 Å². The van der Waals surface area contributed by atoms with Crippen molar-refractivity contribution in [3.8, 4) is 0 Å². The first-order valence-electron chi connectivity index (χ1n) is 6.65. The Kier molecular flexibility index (Phi) is 5.27.